The maximum atomic E-state index is 0. The number of rotatable bonds is 0. The summed E-state index contributed by atoms with van der Waals surface area (Å²) in [6.07, 6.45) is 0. The molecule has 0 N–H and O–H groups in total. The van der Waals surface area contributed by atoms with Crippen molar-refractivity contribution in [1.29, 1.82) is 0 Å². The molecule has 0 fully saturated rings. The molecule has 0 unspecified atom stereocenters. The van der Waals surface area contributed by atoms with Crippen molar-refractivity contribution in [2.45, 2.75) is 0 Å². The smallest absolute Gasteiger partial charge is 0 e. The van der Waals surface area contributed by atoms with Gasteiger partial charge in [-0.05, 0) is 0 Å². The van der Waals surface area contributed by atoms with E-state index in [1.165, 1.54) is 0 Å². The van der Waals surface area contributed by atoms with Crippen LogP contribution in [0.4, 0.5) is 0 Å². The summed E-state index contributed by atoms with van der Waals surface area (Å²) in [4.78, 5) is 0. The van der Waals surface area contributed by atoms with Crippen LogP contribution in [0.25, 0.3) is 0 Å². The third kappa shape index (κ3) is 212. The summed E-state index contributed by atoms with van der Waals surface area (Å²) in [5.74, 6) is 0. The fourth-order valence-corrected chi connectivity index (χ4v) is 0. The van der Waals surface area contributed by atoms with Crippen LogP contribution < -0.4 is 0 Å². The quantitative estimate of drug-likeness (QED) is 0.319. The van der Waals surface area contributed by atoms with Crippen LogP contribution in [-0.4, -0.2) is 0 Å². The van der Waals surface area contributed by atoms with E-state index in [0.29, 0.717) is 0 Å². The molecule has 31 heavy (non-hydrogen) atoms. The zero-order valence-electron chi connectivity index (χ0n) is 17.9. The van der Waals surface area contributed by atoms with Crippen LogP contribution in [0.2, 0.25) is 0 Å². The maximum Gasteiger partial charge on any atom is 0 e. The molecule has 0 spiro atoms. The molecule has 0 nitrogen and oxygen atoms in total. The van der Waals surface area contributed by atoms with E-state index in [2.05, 4.69) is 0 Å². The molecule has 0 aromatic heterocycles. The maximum absolute atomic E-state index is 0. The molecule has 0 amide bonds. The third-order valence-corrected chi connectivity index (χ3v) is 0. The molecule has 31 radical (unpaired) electrons. The second-order valence-electron chi connectivity index (χ2n) is 0. The Morgan fingerprint density at radius 2 is 0.0323 bits per heavy atom. The van der Waals surface area contributed by atoms with Gasteiger partial charge in [-0.15, -0.1) is 0 Å². The van der Waals surface area contributed by atoms with E-state index in [1.54, 1.807) is 0 Å². The standard InChI is InChI=1S/31Y. The van der Waals surface area contributed by atoms with E-state index in [1.807, 2.05) is 0 Å². The topological polar surface area (TPSA) is 0 Å². The van der Waals surface area contributed by atoms with Crippen LogP contribution in [0, 0.1) is 0 Å². The predicted octanol–water partition coefficient (Wildman–Crippen LogP) is -0.0775. The Morgan fingerprint density at radius 3 is 0.0323 bits per heavy atom. The van der Waals surface area contributed by atoms with Gasteiger partial charge in [-0.1, -0.05) is 0 Å². The van der Waals surface area contributed by atoms with Crippen molar-refractivity contribution >= 4 is 0 Å². The number of hydrogen-bond acceptors (Lipinski definition) is 0. The minimum Gasteiger partial charge on any atom is 0 e. The van der Waals surface area contributed by atoms with Crippen LogP contribution in [0.5, 0.6) is 0 Å². The van der Waals surface area contributed by atoms with Crippen molar-refractivity contribution in [3.63, 3.8) is 0 Å². The molecule has 0 rings (SSSR count). The SMILES string of the molecule is [Y].[Y].[Y].[Y].[Y].[Y].[Y].[Y].[Y].[Y].[Y].[Y].[Y].[Y].[Y].[Y].[Y].[Y].[Y].[Y].[Y].[Y].[Y].[Y].[Y].[Y].[Y].[Y].[Y].[Y].[Y]. The van der Waals surface area contributed by atoms with Crippen molar-refractivity contribution in [3.05, 3.63) is 0 Å². The van der Waals surface area contributed by atoms with Gasteiger partial charge in [0.05, 0.1) is 0 Å². The van der Waals surface area contributed by atoms with E-state index >= 15 is 0 Å². The zero-order chi connectivity index (χ0) is 0. The molecule has 93 valence electrons. The van der Waals surface area contributed by atoms with Gasteiger partial charge in [0, 0.05) is 1010 Å². The van der Waals surface area contributed by atoms with Crippen molar-refractivity contribution in [3.8, 4) is 0 Å². The average Bonchev–Trinajstić information content (AvgIpc) is 0. The summed E-state index contributed by atoms with van der Waals surface area (Å²) >= 11 is 0. The normalized spacial score (nSPS) is 0. The Morgan fingerprint density at radius 1 is 0.0323 bits per heavy atom. The minimum atomic E-state index is 0. The van der Waals surface area contributed by atoms with E-state index < -0.39 is 0 Å². The van der Waals surface area contributed by atoms with Gasteiger partial charge in [-0.25, -0.2) is 0 Å². The fourth-order valence-electron chi connectivity index (χ4n) is 0. The first-order valence-corrected chi connectivity index (χ1v) is 0. The van der Waals surface area contributed by atoms with Gasteiger partial charge in [-0.2, -0.15) is 0 Å². The fraction of sp³-hybridized carbons (Fsp3) is 0. The van der Waals surface area contributed by atoms with Crippen molar-refractivity contribution < 1.29 is 1010 Å². The molecule has 0 atom stereocenters. The van der Waals surface area contributed by atoms with Crippen molar-refractivity contribution in [1.82, 2.24) is 0 Å². The molecule has 0 heterocycles. The van der Waals surface area contributed by atoms with Gasteiger partial charge in [0.25, 0.3) is 0 Å². The monoisotopic (exact) mass is 2760 g/mol. The van der Waals surface area contributed by atoms with Crippen molar-refractivity contribution in [2.75, 3.05) is 0 Å². The Balaban J connectivity index is 0. The summed E-state index contributed by atoms with van der Waals surface area (Å²) in [6, 6.07) is 0. The number of hydrogen-bond donors (Lipinski definition) is 0. The molecule has 31 heteroatoms. The van der Waals surface area contributed by atoms with E-state index in [4.69, 9.17) is 0 Å². The van der Waals surface area contributed by atoms with Gasteiger partial charge >= 0.3 is 0 Å². The first-order chi connectivity index (χ1) is 0. The molecule has 0 aliphatic rings. The van der Waals surface area contributed by atoms with Gasteiger partial charge in [-0.3, -0.25) is 0 Å². The van der Waals surface area contributed by atoms with Crippen LogP contribution in [0.15, 0.2) is 0 Å². The molecule has 0 saturated carbocycles. The summed E-state index contributed by atoms with van der Waals surface area (Å²) in [5, 5.41) is 0. The molecular formula is Y31. The second kappa shape index (κ2) is 219. The Kier molecular flexibility index (Phi) is 1620. The predicted molar refractivity (Wildman–Crippen MR) is 0 cm³/mol. The summed E-state index contributed by atoms with van der Waals surface area (Å²) in [5.41, 5.74) is 0. The molecule has 0 bridgehead atoms. The zero-order valence-corrected chi connectivity index (χ0v) is 106. The van der Waals surface area contributed by atoms with E-state index in [0.717, 1.165) is 0 Å². The Hall–Kier alpha value is 34.2. The molecule has 0 aliphatic carbocycles. The average molecular weight is 2760 g/mol. The largest absolute Gasteiger partial charge is 0 e. The molecule has 0 aromatic carbocycles. The second-order valence-corrected chi connectivity index (χ2v) is 0. The molecular weight excluding hydrogens is 2760 g/mol. The molecule has 0 aromatic rings. The van der Waals surface area contributed by atoms with Crippen molar-refractivity contribution in [2.24, 2.45) is 0 Å². The Labute approximate surface area is 974 Å². The third-order valence-electron chi connectivity index (χ3n) is 0. The van der Waals surface area contributed by atoms with Crippen LogP contribution in [-0.2, 0) is 1010 Å². The van der Waals surface area contributed by atoms with Gasteiger partial charge < -0.3 is 0 Å². The first kappa shape index (κ1) is 230. The van der Waals surface area contributed by atoms with Gasteiger partial charge in [0.1, 0.15) is 0 Å². The van der Waals surface area contributed by atoms with E-state index in [-0.39, 0.29) is 1010 Å². The van der Waals surface area contributed by atoms with E-state index in [9.17, 15) is 0 Å². The first-order valence-electron chi connectivity index (χ1n) is 0. The Bertz CT molecular complexity index is 0. The summed E-state index contributed by atoms with van der Waals surface area (Å²) < 4.78 is 0. The molecule has 0 aliphatic heterocycles. The van der Waals surface area contributed by atoms with Crippen LogP contribution in [0.3, 0.4) is 0 Å². The summed E-state index contributed by atoms with van der Waals surface area (Å²) in [7, 11) is 0. The van der Waals surface area contributed by atoms with Gasteiger partial charge in [0.2, 0.25) is 0 Å². The summed E-state index contributed by atoms with van der Waals surface area (Å²) in [6.45, 7) is 0. The minimum absolute atomic E-state index is 0. The van der Waals surface area contributed by atoms with Crippen LogP contribution >= 0.6 is 0 Å². The molecule has 0 saturated heterocycles. The van der Waals surface area contributed by atoms with Gasteiger partial charge in [0.15, 0.2) is 0 Å². The van der Waals surface area contributed by atoms with Crippen LogP contribution in [0.1, 0.15) is 0 Å².